The average Bonchev–Trinajstić information content (AvgIpc) is 3.34. The van der Waals surface area contributed by atoms with Gasteiger partial charge in [-0.05, 0) is 54.1 Å². The van der Waals surface area contributed by atoms with Crippen LogP contribution in [0.25, 0.3) is 6.08 Å². The Morgan fingerprint density at radius 1 is 0.969 bits per heavy atom. The van der Waals surface area contributed by atoms with Crippen LogP contribution in [0.5, 0.6) is 0 Å². The predicted octanol–water partition coefficient (Wildman–Crippen LogP) is 5.22. The lowest BCUT2D eigenvalue weighted by atomic mass is 10.2. The maximum absolute atomic E-state index is 13.0. The van der Waals surface area contributed by atoms with Crippen LogP contribution in [0.4, 0.5) is 4.39 Å². The smallest absolute Gasteiger partial charge is 0.257 e. The summed E-state index contributed by atoms with van der Waals surface area (Å²) >= 11 is 7.87. The number of furan rings is 1. The van der Waals surface area contributed by atoms with Crippen molar-refractivity contribution < 1.29 is 18.4 Å². The van der Waals surface area contributed by atoms with E-state index in [0.29, 0.717) is 36.8 Å². The van der Waals surface area contributed by atoms with Crippen molar-refractivity contribution in [3.8, 4) is 0 Å². The molecule has 0 N–H and O–H groups in total. The normalized spacial score (nSPS) is 14.2. The van der Waals surface area contributed by atoms with E-state index in [4.69, 9.17) is 16.0 Å². The second kappa shape index (κ2) is 10.1. The number of carbonyl (C=O) groups excluding carboxylic acids is 2. The lowest BCUT2D eigenvalue weighted by molar-refractivity contribution is -0.127. The van der Waals surface area contributed by atoms with Crippen molar-refractivity contribution in [3.05, 3.63) is 89.1 Å². The number of piperazine rings is 1. The van der Waals surface area contributed by atoms with Gasteiger partial charge in [0.1, 0.15) is 12.1 Å². The minimum atomic E-state index is -0.275. The molecule has 1 aromatic heterocycles. The number of carbonyl (C=O) groups is 2. The number of hydrogen-bond donors (Lipinski definition) is 0. The number of halogens is 2. The van der Waals surface area contributed by atoms with Crippen molar-refractivity contribution in [2.24, 2.45) is 0 Å². The van der Waals surface area contributed by atoms with E-state index >= 15 is 0 Å². The first-order valence-electron chi connectivity index (χ1n) is 10.0. The topological polar surface area (TPSA) is 53.8 Å². The quantitative estimate of drug-likeness (QED) is 0.480. The van der Waals surface area contributed by atoms with Gasteiger partial charge in [0.05, 0.1) is 11.8 Å². The summed E-state index contributed by atoms with van der Waals surface area (Å²) in [5.41, 5.74) is 1.25. The summed E-state index contributed by atoms with van der Waals surface area (Å²) in [4.78, 5) is 30.2. The Morgan fingerprint density at radius 2 is 1.66 bits per heavy atom. The Labute approximate surface area is 194 Å². The fourth-order valence-electron chi connectivity index (χ4n) is 3.31. The minimum absolute atomic E-state index is 0.0910. The fraction of sp³-hybridized carbons (Fsp3) is 0.167. The van der Waals surface area contributed by atoms with Crippen LogP contribution < -0.4 is 0 Å². The number of hydrogen-bond acceptors (Lipinski definition) is 4. The molecule has 1 saturated heterocycles. The minimum Gasteiger partial charge on any atom is -0.472 e. The van der Waals surface area contributed by atoms with Gasteiger partial charge in [0, 0.05) is 47.1 Å². The van der Waals surface area contributed by atoms with E-state index in [1.54, 1.807) is 34.1 Å². The third-order valence-electron chi connectivity index (χ3n) is 5.07. The van der Waals surface area contributed by atoms with E-state index < -0.39 is 0 Å². The van der Waals surface area contributed by atoms with Crippen LogP contribution in [0.1, 0.15) is 15.9 Å². The standard InChI is InChI=1S/C24H20ClFN2O3S/c25-22-15-21(32-20-6-3-19(26)4-7-20)5-1-17(22)2-8-23(29)27-10-12-28(13-11-27)24(30)18-9-14-31-16-18/h1-9,14-16H,10-13H2/b8-2+. The first-order valence-corrected chi connectivity index (χ1v) is 11.2. The zero-order chi connectivity index (χ0) is 22.5. The zero-order valence-corrected chi connectivity index (χ0v) is 18.6. The van der Waals surface area contributed by atoms with Crippen LogP contribution in [-0.4, -0.2) is 47.8 Å². The molecular weight excluding hydrogens is 451 g/mol. The zero-order valence-electron chi connectivity index (χ0n) is 17.0. The first-order chi connectivity index (χ1) is 15.5. The first kappa shape index (κ1) is 22.2. The Balaban J connectivity index is 1.32. The van der Waals surface area contributed by atoms with Crippen molar-refractivity contribution in [2.45, 2.75) is 9.79 Å². The van der Waals surface area contributed by atoms with Crippen molar-refractivity contribution in [2.75, 3.05) is 26.2 Å². The predicted molar refractivity (Wildman–Crippen MR) is 122 cm³/mol. The van der Waals surface area contributed by atoms with E-state index in [1.165, 1.54) is 42.5 Å². The van der Waals surface area contributed by atoms with Gasteiger partial charge in [-0.3, -0.25) is 9.59 Å². The molecule has 5 nitrogen and oxygen atoms in total. The molecule has 8 heteroatoms. The van der Waals surface area contributed by atoms with Crippen molar-refractivity contribution in [1.82, 2.24) is 9.80 Å². The fourth-order valence-corrected chi connectivity index (χ4v) is 4.48. The van der Waals surface area contributed by atoms with Gasteiger partial charge in [0.25, 0.3) is 5.91 Å². The van der Waals surface area contributed by atoms with E-state index in [2.05, 4.69) is 0 Å². The van der Waals surface area contributed by atoms with Gasteiger partial charge in [-0.1, -0.05) is 29.4 Å². The van der Waals surface area contributed by atoms with Crippen LogP contribution in [0.2, 0.25) is 5.02 Å². The highest BCUT2D eigenvalue weighted by atomic mass is 35.5. The number of amides is 2. The molecule has 2 heterocycles. The molecule has 32 heavy (non-hydrogen) atoms. The highest BCUT2D eigenvalue weighted by molar-refractivity contribution is 7.99. The van der Waals surface area contributed by atoms with E-state index in [0.717, 1.165) is 15.4 Å². The summed E-state index contributed by atoms with van der Waals surface area (Å²) in [6.45, 7) is 1.88. The summed E-state index contributed by atoms with van der Waals surface area (Å²) in [6, 6.07) is 13.5. The lowest BCUT2D eigenvalue weighted by Gasteiger charge is -2.34. The molecule has 1 aliphatic heterocycles. The Hall–Kier alpha value is -3.03. The molecule has 1 aliphatic rings. The van der Waals surface area contributed by atoms with Gasteiger partial charge in [0.15, 0.2) is 0 Å². The van der Waals surface area contributed by atoms with Crippen LogP contribution in [-0.2, 0) is 4.79 Å². The molecule has 2 amide bonds. The molecule has 2 aromatic carbocycles. The van der Waals surface area contributed by atoms with Gasteiger partial charge in [0.2, 0.25) is 5.91 Å². The number of benzene rings is 2. The molecule has 0 spiro atoms. The summed E-state index contributed by atoms with van der Waals surface area (Å²) < 4.78 is 18.0. The molecule has 3 aromatic rings. The maximum atomic E-state index is 13.0. The second-order valence-electron chi connectivity index (χ2n) is 7.20. The largest absolute Gasteiger partial charge is 0.472 e. The molecule has 4 rings (SSSR count). The lowest BCUT2D eigenvalue weighted by Crippen LogP contribution is -2.50. The maximum Gasteiger partial charge on any atom is 0.257 e. The monoisotopic (exact) mass is 470 g/mol. The average molecular weight is 471 g/mol. The van der Waals surface area contributed by atoms with Crippen molar-refractivity contribution in [3.63, 3.8) is 0 Å². The SMILES string of the molecule is O=C(/C=C/c1ccc(Sc2ccc(F)cc2)cc1Cl)N1CCN(C(=O)c2ccoc2)CC1. The Bertz CT molecular complexity index is 1120. The molecule has 0 radical (unpaired) electrons. The molecule has 0 bridgehead atoms. The van der Waals surface area contributed by atoms with E-state index in [-0.39, 0.29) is 17.6 Å². The molecule has 0 aliphatic carbocycles. The van der Waals surface area contributed by atoms with Gasteiger partial charge >= 0.3 is 0 Å². The van der Waals surface area contributed by atoms with Gasteiger partial charge in [-0.2, -0.15) is 0 Å². The van der Waals surface area contributed by atoms with Crippen LogP contribution in [0.15, 0.2) is 81.3 Å². The summed E-state index contributed by atoms with van der Waals surface area (Å²) in [7, 11) is 0. The Morgan fingerprint density at radius 3 is 2.31 bits per heavy atom. The van der Waals surface area contributed by atoms with Crippen LogP contribution in [0, 0.1) is 5.82 Å². The summed E-state index contributed by atoms with van der Waals surface area (Å²) in [5, 5.41) is 0.525. The highest BCUT2D eigenvalue weighted by Crippen LogP contribution is 2.31. The third-order valence-corrected chi connectivity index (χ3v) is 6.40. The number of rotatable bonds is 5. The van der Waals surface area contributed by atoms with E-state index in [9.17, 15) is 14.0 Å². The Kier molecular flexibility index (Phi) is 6.97. The molecular formula is C24H20ClFN2O3S. The number of nitrogens with zero attached hydrogens (tertiary/aromatic N) is 2. The second-order valence-corrected chi connectivity index (χ2v) is 8.76. The van der Waals surface area contributed by atoms with E-state index in [1.807, 2.05) is 18.2 Å². The van der Waals surface area contributed by atoms with Gasteiger partial charge < -0.3 is 14.2 Å². The van der Waals surface area contributed by atoms with Gasteiger partial charge in [-0.25, -0.2) is 4.39 Å². The summed E-state index contributed by atoms with van der Waals surface area (Å²) in [6.07, 6.45) is 6.09. The molecule has 0 unspecified atom stereocenters. The van der Waals surface area contributed by atoms with Crippen LogP contribution >= 0.6 is 23.4 Å². The molecule has 164 valence electrons. The van der Waals surface area contributed by atoms with Crippen molar-refractivity contribution in [1.29, 1.82) is 0 Å². The third kappa shape index (κ3) is 5.41. The molecule has 0 saturated carbocycles. The molecule has 1 fully saturated rings. The highest BCUT2D eigenvalue weighted by Gasteiger charge is 2.24. The van der Waals surface area contributed by atoms with Crippen molar-refractivity contribution >= 4 is 41.3 Å². The van der Waals surface area contributed by atoms with Crippen LogP contribution in [0.3, 0.4) is 0 Å². The van der Waals surface area contributed by atoms with Gasteiger partial charge in [-0.15, -0.1) is 0 Å². The molecule has 0 atom stereocenters. The summed E-state index contributed by atoms with van der Waals surface area (Å²) in [5.74, 6) is -0.489.